The molecular weight excluding hydrogens is 373 g/mol. The van der Waals surface area contributed by atoms with Crippen molar-refractivity contribution in [1.29, 1.82) is 0 Å². The lowest BCUT2D eigenvalue weighted by Crippen LogP contribution is -2.08. The van der Waals surface area contributed by atoms with Gasteiger partial charge in [0, 0.05) is 16.2 Å². The summed E-state index contributed by atoms with van der Waals surface area (Å²) in [4.78, 5) is 0. The van der Waals surface area contributed by atoms with Gasteiger partial charge in [0.25, 0.3) is 0 Å². The van der Waals surface area contributed by atoms with Crippen LogP contribution in [0.5, 0.6) is 0 Å². The van der Waals surface area contributed by atoms with Crippen molar-refractivity contribution >= 4 is 37.5 Å². The normalized spacial score (nSPS) is 12.3. The van der Waals surface area contributed by atoms with Crippen molar-refractivity contribution in [3.05, 3.63) is 62.3 Å². The van der Waals surface area contributed by atoms with Gasteiger partial charge in [-0.05, 0) is 65.2 Å². The first-order chi connectivity index (χ1) is 8.99. The molecule has 2 rings (SSSR count). The van der Waals surface area contributed by atoms with E-state index in [0.29, 0.717) is 4.47 Å². The third kappa shape index (κ3) is 3.37. The van der Waals surface area contributed by atoms with E-state index in [0.717, 1.165) is 21.3 Å². The molecule has 100 valence electrons. The van der Waals surface area contributed by atoms with Gasteiger partial charge in [-0.1, -0.05) is 28.1 Å². The molecule has 1 nitrogen and oxygen atoms in total. The average Bonchev–Trinajstić information content (AvgIpc) is 2.38. The highest BCUT2D eigenvalue weighted by atomic mass is 79.9. The molecule has 0 aliphatic rings. The van der Waals surface area contributed by atoms with E-state index >= 15 is 0 Å². The smallest absolute Gasteiger partial charge is 0.137 e. The highest BCUT2D eigenvalue weighted by Crippen LogP contribution is 2.28. The van der Waals surface area contributed by atoms with Crippen molar-refractivity contribution in [3.63, 3.8) is 0 Å². The zero-order valence-electron chi connectivity index (χ0n) is 10.7. The van der Waals surface area contributed by atoms with Gasteiger partial charge < -0.3 is 5.32 Å². The Balaban J connectivity index is 2.23. The molecule has 0 spiro atoms. The van der Waals surface area contributed by atoms with E-state index in [-0.39, 0.29) is 11.9 Å². The second-order valence-corrected chi connectivity index (χ2v) is 6.16. The summed E-state index contributed by atoms with van der Waals surface area (Å²) in [5.41, 5.74) is 3.27. The Morgan fingerprint density at radius 1 is 1.11 bits per heavy atom. The van der Waals surface area contributed by atoms with Crippen molar-refractivity contribution in [1.82, 2.24) is 0 Å². The van der Waals surface area contributed by atoms with E-state index in [1.54, 1.807) is 12.1 Å². The molecule has 19 heavy (non-hydrogen) atoms. The van der Waals surface area contributed by atoms with Crippen LogP contribution >= 0.6 is 31.9 Å². The molecule has 4 heteroatoms. The molecule has 0 aromatic heterocycles. The van der Waals surface area contributed by atoms with Crippen LogP contribution in [0.4, 0.5) is 10.1 Å². The molecule has 1 N–H and O–H groups in total. The summed E-state index contributed by atoms with van der Waals surface area (Å²) in [6, 6.07) is 11.2. The molecule has 0 radical (unpaired) electrons. The second-order valence-electron chi connectivity index (χ2n) is 4.45. The van der Waals surface area contributed by atoms with Gasteiger partial charge in [-0.25, -0.2) is 4.39 Å². The first-order valence-corrected chi connectivity index (χ1v) is 7.54. The monoisotopic (exact) mass is 385 g/mol. The van der Waals surface area contributed by atoms with Gasteiger partial charge in [0.05, 0.1) is 4.47 Å². The topological polar surface area (TPSA) is 12.0 Å². The van der Waals surface area contributed by atoms with Crippen LogP contribution in [0.1, 0.15) is 24.1 Å². The number of hydrogen-bond donors (Lipinski definition) is 1. The zero-order chi connectivity index (χ0) is 14.0. The summed E-state index contributed by atoms with van der Waals surface area (Å²) in [7, 11) is 0. The summed E-state index contributed by atoms with van der Waals surface area (Å²) in [5, 5.41) is 3.44. The van der Waals surface area contributed by atoms with E-state index in [9.17, 15) is 4.39 Å². The van der Waals surface area contributed by atoms with Crippen molar-refractivity contribution in [2.24, 2.45) is 0 Å². The molecule has 0 saturated heterocycles. The van der Waals surface area contributed by atoms with Crippen LogP contribution < -0.4 is 5.32 Å². The first-order valence-electron chi connectivity index (χ1n) is 5.95. The summed E-state index contributed by atoms with van der Waals surface area (Å²) >= 11 is 6.73. The Kier molecular flexibility index (Phi) is 4.63. The standard InChI is InChI=1S/C15H14Br2FN/c1-9-12(16)4-3-5-15(9)19-10(2)11-6-7-14(18)13(17)8-11/h3-8,10,19H,1-2H3. The van der Waals surface area contributed by atoms with Gasteiger partial charge in [-0.15, -0.1) is 0 Å². The summed E-state index contributed by atoms with van der Waals surface area (Å²) in [6.07, 6.45) is 0. The zero-order valence-corrected chi connectivity index (χ0v) is 13.8. The highest BCUT2D eigenvalue weighted by molar-refractivity contribution is 9.10. The van der Waals surface area contributed by atoms with Gasteiger partial charge in [-0.3, -0.25) is 0 Å². The van der Waals surface area contributed by atoms with E-state index < -0.39 is 0 Å². The van der Waals surface area contributed by atoms with Crippen molar-refractivity contribution in [2.45, 2.75) is 19.9 Å². The maximum atomic E-state index is 13.2. The Morgan fingerprint density at radius 2 is 1.84 bits per heavy atom. The van der Waals surface area contributed by atoms with Crippen LogP contribution in [0.15, 0.2) is 45.3 Å². The number of nitrogens with one attached hydrogen (secondary N) is 1. The lowest BCUT2D eigenvalue weighted by atomic mass is 10.1. The molecule has 0 bridgehead atoms. The fourth-order valence-corrected chi connectivity index (χ4v) is 2.62. The van der Waals surface area contributed by atoms with Crippen LogP contribution in [0.2, 0.25) is 0 Å². The van der Waals surface area contributed by atoms with Gasteiger partial charge in [0.1, 0.15) is 5.82 Å². The fraction of sp³-hybridized carbons (Fsp3) is 0.200. The quantitative estimate of drug-likeness (QED) is 0.699. The number of halogens is 3. The third-order valence-electron chi connectivity index (χ3n) is 3.08. The Morgan fingerprint density at radius 3 is 2.53 bits per heavy atom. The summed E-state index contributed by atoms with van der Waals surface area (Å²) in [5.74, 6) is -0.241. The Bertz CT molecular complexity index is 599. The molecule has 0 aliphatic heterocycles. The number of benzene rings is 2. The fourth-order valence-electron chi connectivity index (χ4n) is 1.86. The largest absolute Gasteiger partial charge is 0.378 e. The van der Waals surface area contributed by atoms with E-state index in [1.807, 2.05) is 18.2 Å². The lowest BCUT2D eigenvalue weighted by molar-refractivity contribution is 0.619. The van der Waals surface area contributed by atoms with Gasteiger partial charge in [0.2, 0.25) is 0 Å². The maximum Gasteiger partial charge on any atom is 0.137 e. The molecule has 0 heterocycles. The average molecular weight is 387 g/mol. The molecule has 0 aliphatic carbocycles. The molecule has 0 amide bonds. The lowest BCUT2D eigenvalue weighted by Gasteiger charge is -2.18. The van der Waals surface area contributed by atoms with E-state index in [2.05, 4.69) is 51.0 Å². The summed E-state index contributed by atoms with van der Waals surface area (Å²) < 4.78 is 14.8. The SMILES string of the molecule is Cc1c(Br)cccc1NC(C)c1ccc(F)c(Br)c1. The van der Waals surface area contributed by atoms with Gasteiger partial charge >= 0.3 is 0 Å². The first kappa shape index (κ1) is 14.5. The molecule has 2 aromatic carbocycles. The summed E-state index contributed by atoms with van der Waals surface area (Å²) in [6.45, 7) is 4.11. The molecule has 1 atom stereocenters. The van der Waals surface area contributed by atoms with Crippen LogP contribution in [-0.4, -0.2) is 0 Å². The molecule has 0 saturated carbocycles. The number of anilines is 1. The minimum absolute atomic E-state index is 0.102. The number of rotatable bonds is 3. The van der Waals surface area contributed by atoms with Crippen LogP contribution in [0.3, 0.4) is 0 Å². The van der Waals surface area contributed by atoms with Gasteiger partial charge in [0.15, 0.2) is 0 Å². The highest BCUT2D eigenvalue weighted by Gasteiger charge is 2.10. The van der Waals surface area contributed by atoms with Crippen molar-refractivity contribution in [3.8, 4) is 0 Å². The minimum Gasteiger partial charge on any atom is -0.378 e. The molecule has 0 fully saturated rings. The molecular formula is C15H14Br2FN. The maximum absolute atomic E-state index is 13.2. The number of hydrogen-bond acceptors (Lipinski definition) is 1. The van der Waals surface area contributed by atoms with Crippen LogP contribution in [0.25, 0.3) is 0 Å². The third-order valence-corrected chi connectivity index (χ3v) is 4.55. The second kappa shape index (κ2) is 6.06. The van der Waals surface area contributed by atoms with E-state index in [4.69, 9.17) is 0 Å². The van der Waals surface area contributed by atoms with E-state index in [1.165, 1.54) is 6.07 Å². The molecule has 2 aromatic rings. The van der Waals surface area contributed by atoms with Crippen molar-refractivity contribution in [2.75, 3.05) is 5.32 Å². The predicted octanol–water partition coefficient (Wildman–Crippen LogP) is 5.83. The Labute approximate surface area is 129 Å². The Hall–Kier alpha value is -0.870. The van der Waals surface area contributed by atoms with Crippen LogP contribution in [-0.2, 0) is 0 Å². The predicted molar refractivity (Wildman–Crippen MR) is 85.0 cm³/mol. The van der Waals surface area contributed by atoms with Crippen molar-refractivity contribution < 1.29 is 4.39 Å². The minimum atomic E-state index is -0.241. The van der Waals surface area contributed by atoms with Gasteiger partial charge in [-0.2, -0.15) is 0 Å². The molecule has 1 unspecified atom stereocenters. The van der Waals surface area contributed by atoms with Crippen LogP contribution in [0, 0.1) is 12.7 Å².